The Morgan fingerprint density at radius 1 is 1.33 bits per heavy atom. The zero-order valence-electron chi connectivity index (χ0n) is 12.3. The number of hydrogen-bond acceptors (Lipinski definition) is 3. The lowest BCUT2D eigenvalue weighted by molar-refractivity contribution is -0.123. The van der Waals surface area contributed by atoms with Crippen molar-refractivity contribution in [3.63, 3.8) is 0 Å². The Bertz CT molecular complexity index is 281. The highest BCUT2D eigenvalue weighted by Gasteiger charge is 2.32. The Balaban J connectivity index is 2.45. The average Bonchev–Trinajstić information content (AvgIpc) is 2.28. The largest absolute Gasteiger partial charge is 0.368 e. The van der Waals surface area contributed by atoms with Crippen LogP contribution in [0.4, 0.5) is 0 Å². The van der Waals surface area contributed by atoms with Crippen LogP contribution in [0, 0.1) is 11.8 Å². The van der Waals surface area contributed by atoms with Crippen molar-refractivity contribution in [1.82, 2.24) is 4.90 Å². The number of carbonyl (C=O) groups excluding carboxylic acids is 1. The molecule has 1 rings (SSSR count). The van der Waals surface area contributed by atoms with E-state index in [-0.39, 0.29) is 0 Å². The molecule has 0 saturated carbocycles. The van der Waals surface area contributed by atoms with Crippen molar-refractivity contribution in [3.8, 4) is 0 Å². The van der Waals surface area contributed by atoms with Gasteiger partial charge in [0.15, 0.2) is 0 Å². The fourth-order valence-electron chi connectivity index (χ4n) is 2.87. The zero-order chi connectivity index (χ0) is 13.9. The van der Waals surface area contributed by atoms with Gasteiger partial charge in [-0.1, -0.05) is 13.8 Å². The fraction of sp³-hybridized carbons (Fsp3) is 0.929. The number of primary amides is 1. The number of rotatable bonds is 5. The van der Waals surface area contributed by atoms with Crippen molar-refractivity contribution in [1.29, 1.82) is 0 Å². The third kappa shape index (κ3) is 3.95. The van der Waals surface area contributed by atoms with E-state index in [1.165, 1.54) is 12.8 Å². The van der Waals surface area contributed by atoms with Crippen molar-refractivity contribution in [2.24, 2.45) is 23.3 Å². The van der Waals surface area contributed by atoms with Crippen molar-refractivity contribution in [2.75, 3.05) is 13.1 Å². The summed E-state index contributed by atoms with van der Waals surface area (Å²) in [4.78, 5) is 13.7. The van der Waals surface area contributed by atoms with Crippen LogP contribution in [0.5, 0.6) is 0 Å². The first kappa shape index (κ1) is 15.4. The molecule has 1 fully saturated rings. The van der Waals surface area contributed by atoms with Gasteiger partial charge in [0.2, 0.25) is 5.91 Å². The summed E-state index contributed by atoms with van der Waals surface area (Å²) in [7, 11) is 0. The van der Waals surface area contributed by atoms with E-state index in [4.69, 9.17) is 11.5 Å². The summed E-state index contributed by atoms with van der Waals surface area (Å²) in [6, 6.07) is 0.320. The highest BCUT2D eigenvalue weighted by atomic mass is 16.1. The molecule has 4 heteroatoms. The molecule has 4 nitrogen and oxygen atoms in total. The van der Waals surface area contributed by atoms with Gasteiger partial charge in [0.05, 0.1) is 5.54 Å². The Hall–Kier alpha value is -0.610. The van der Waals surface area contributed by atoms with Crippen LogP contribution >= 0.6 is 0 Å². The molecule has 2 unspecified atom stereocenters. The summed E-state index contributed by atoms with van der Waals surface area (Å²) < 4.78 is 0. The number of amides is 1. The van der Waals surface area contributed by atoms with Crippen LogP contribution in [0.1, 0.15) is 47.0 Å². The molecule has 2 atom stereocenters. The molecule has 1 heterocycles. The Morgan fingerprint density at radius 3 is 2.22 bits per heavy atom. The van der Waals surface area contributed by atoms with E-state index in [1.54, 1.807) is 6.92 Å². The van der Waals surface area contributed by atoms with Gasteiger partial charge in [0.1, 0.15) is 0 Å². The molecule has 1 aliphatic heterocycles. The van der Waals surface area contributed by atoms with Gasteiger partial charge in [0.25, 0.3) is 0 Å². The molecule has 18 heavy (non-hydrogen) atoms. The van der Waals surface area contributed by atoms with Gasteiger partial charge in [0, 0.05) is 6.04 Å². The van der Waals surface area contributed by atoms with E-state index in [9.17, 15) is 4.79 Å². The molecular weight excluding hydrogens is 226 g/mol. The highest BCUT2D eigenvalue weighted by molar-refractivity contribution is 5.83. The summed E-state index contributed by atoms with van der Waals surface area (Å²) in [5.74, 6) is 1.20. The average molecular weight is 255 g/mol. The van der Waals surface area contributed by atoms with Gasteiger partial charge in [-0.2, -0.15) is 0 Å². The van der Waals surface area contributed by atoms with Crippen LogP contribution < -0.4 is 11.5 Å². The molecule has 0 aromatic rings. The second kappa shape index (κ2) is 6.02. The number of likely N-dealkylation sites (tertiary alicyclic amines) is 1. The van der Waals surface area contributed by atoms with Gasteiger partial charge >= 0.3 is 0 Å². The molecule has 4 N–H and O–H groups in total. The van der Waals surface area contributed by atoms with E-state index >= 15 is 0 Å². The molecule has 1 aliphatic rings. The van der Waals surface area contributed by atoms with Gasteiger partial charge in [-0.25, -0.2) is 0 Å². The normalized spacial score (nSPS) is 23.9. The lowest BCUT2D eigenvalue weighted by Crippen LogP contribution is -2.54. The molecule has 106 valence electrons. The highest BCUT2D eigenvalue weighted by Crippen LogP contribution is 2.26. The van der Waals surface area contributed by atoms with Crippen molar-refractivity contribution in [3.05, 3.63) is 0 Å². The van der Waals surface area contributed by atoms with Crippen molar-refractivity contribution >= 4 is 5.91 Å². The monoisotopic (exact) mass is 255 g/mol. The zero-order valence-corrected chi connectivity index (χ0v) is 12.3. The van der Waals surface area contributed by atoms with E-state index in [0.29, 0.717) is 12.5 Å². The lowest BCUT2D eigenvalue weighted by Gasteiger charge is -2.39. The molecular formula is C14H29N3O. The molecule has 0 spiro atoms. The smallest absolute Gasteiger partial charge is 0.237 e. The number of nitrogens with zero attached hydrogens (tertiary/aromatic N) is 1. The number of hydrogen-bond donors (Lipinski definition) is 2. The minimum Gasteiger partial charge on any atom is -0.368 e. The lowest BCUT2D eigenvalue weighted by atomic mass is 9.85. The predicted octanol–water partition coefficient (Wildman–Crippen LogP) is 1.34. The second-order valence-corrected chi connectivity index (χ2v) is 6.45. The van der Waals surface area contributed by atoms with Crippen molar-refractivity contribution in [2.45, 2.75) is 58.5 Å². The van der Waals surface area contributed by atoms with Crippen LogP contribution in [-0.2, 0) is 4.79 Å². The topological polar surface area (TPSA) is 72.3 Å². The van der Waals surface area contributed by atoms with Crippen LogP contribution in [0.15, 0.2) is 0 Å². The van der Waals surface area contributed by atoms with Gasteiger partial charge in [-0.15, -0.1) is 0 Å². The molecule has 0 aliphatic carbocycles. The van der Waals surface area contributed by atoms with E-state index in [1.807, 2.05) is 0 Å². The van der Waals surface area contributed by atoms with Crippen LogP contribution in [0.25, 0.3) is 0 Å². The first-order valence-corrected chi connectivity index (χ1v) is 7.07. The third-order valence-electron chi connectivity index (χ3n) is 4.42. The molecule has 0 aromatic heterocycles. The van der Waals surface area contributed by atoms with E-state index in [2.05, 4.69) is 25.7 Å². The molecule has 1 saturated heterocycles. The molecule has 0 radical (unpaired) electrons. The Morgan fingerprint density at radius 2 is 1.83 bits per heavy atom. The molecule has 1 amide bonds. The number of carbonyl (C=O) groups is 1. The van der Waals surface area contributed by atoms with Gasteiger partial charge < -0.3 is 16.4 Å². The first-order valence-electron chi connectivity index (χ1n) is 7.07. The van der Waals surface area contributed by atoms with E-state index in [0.717, 1.165) is 24.9 Å². The quantitative estimate of drug-likeness (QED) is 0.778. The van der Waals surface area contributed by atoms with Crippen LogP contribution in [-0.4, -0.2) is 35.5 Å². The molecule has 0 bridgehead atoms. The minimum atomic E-state index is -0.895. The predicted molar refractivity (Wildman–Crippen MR) is 75.0 cm³/mol. The minimum absolute atomic E-state index is 0.320. The summed E-state index contributed by atoms with van der Waals surface area (Å²) in [6.07, 6.45) is 3.13. The molecule has 0 aromatic carbocycles. The van der Waals surface area contributed by atoms with Crippen LogP contribution in [0.3, 0.4) is 0 Å². The van der Waals surface area contributed by atoms with Crippen molar-refractivity contribution < 1.29 is 4.79 Å². The maximum absolute atomic E-state index is 11.3. The first-order chi connectivity index (χ1) is 8.24. The summed E-state index contributed by atoms with van der Waals surface area (Å²) in [5.41, 5.74) is 10.4. The van der Waals surface area contributed by atoms with Gasteiger partial charge in [-0.3, -0.25) is 4.79 Å². The van der Waals surface area contributed by atoms with Gasteiger partial charge in [-0.05, 0) is 58.0 Å². The maximum Gasteiger partial charge on any atom is 0.237 e. The Labute approximate surface area is 111 Å². The van der Waals surface area contributed by atoms with Crippen LogP contribution in [0.2, 0.25) is 0 Å². The third-order valence-corrected chi connectivity index (χ3v) is 4.42. The standard InChI is InChI=1S/C14H29N3O/c1-10(2)12-5-7-17(8-6-12)11(3)9-14(4,16)13(15)18/h10-12H,5-9,16H2,1-4H3,(H2,15,18). The maximum atomic E-state index is 11.3. The number of piperidine rings is 1. The number of nitrogens with two attached hydrogens (primary N) is 2. The summed E-state index contributed by atoms with van der Waals surface area (Å²) in [6.45, 7) is 10.7. The summed E-state index contributed by atoms with van der Waals surface area (Å²) in [5, 5.41) is 0. The Kier molecular flexibility index (Phi) is 5.17. The fourth-order valence-corrected chi connectivity index (χ4v) is 2.87. The summed E-state index contributed by atoms with van der Waals surface area (Å²) >= 11 is 0. The SMILES string of the molecule is CC(C)C1CCN(C(C)CC(C)(N)C(N)=O)CC1. The second-order valence-electron chi connectivity index (χ2n) is 6.45. The van der Waals surface area contributed by atoms with E-state index < -0.39 is 11.4 Å².